The molecule has 0 aliphatic rings. The summed E-state index contributed by atoms with van der Waals surface area (Å²) in [6.45, 7) is 0. The Bertz CT molecular complexity index is 1140. The van der Waals surface area contributed by atoms with Crippen LogP contribution in [0.4, 0.5) is 13.2 Å². The number of carbonyl (C=O) groups excluding carboxylic acids is 1. The predicted octanol–water partition coefficient (Wildman–Crippen LogP) is 4.04. The Kier molecular flexibility index (Phi) is 3.95. The molecule has 134 valence electrons. The number of hydrogen-bond acceptors (Lipinski definition) is 4. The highest BCUT2D eigenvalue weighted by molar-refractivity contribution is 6.12. The van der Waals surface area contributed by atoms with E-state index in [0.717, 1.165) is 12.1 Å². The van der Waals surface area contributed by atoms with E-state index < -0.39 is 11.7 Å². The van der Waals surface area contributed by atoms with Gasteiger partial charge >= 0.3 is 6.18 Å². The molecule has 27 heavy (non-hydrogen) atoms. The summed E-state index contributed by atoms with van der Waals surface area (Å²) >= 11 is 0. The smallest absolute Gasteiger partial charge is 0.288 e. The van der Waals surface area contributed by atoms with Crippen molar-refractivity contribution in [3.63, 3.8) is 0 Å². The molecule has 4 aromatic rings. The van der Waals surface area contributed by atoms with Crippen LogP contribution in [0.5, 0.6) is 0 Å². The van der Waals surface area contributed by atoms with Crippen molar-refractivity contribution < 1.29 is 18.0 Å². The van der Waals surface area contributed by atoms with Gasteiger partial charge in [0.1, 0.15) is 0 Å². The topological polar surface area (TPSA) is 60.2 Å². The number of hydrogen-bond donors (Lipinski definition) is 0. The molecule has 0 bridgehead atoms. The highest BCUT2D eigenvalue weighted by Crippen LogP contribution is 2.32. The number of halogens is 3. The second-order valence-electron chi connectivity index (χ2n) is 5.77. The number of pyridine rings is 1. The van der Waals surface area contributed by atoms with Crippen LogP contribution in [0.25, 0.3) is 16.9 Å². The Morgan fingerprint density at radius 1 is 1.00 bits per heavy atom. The number of aromatic nitrogens is 4. The molecule has 0 saturated carbocycles. The molecule has 3 aromatic heterocycles. The predicted molar refractivity (Wildman–Crippen MR) is 91.1 cm³/mol. The Morgan fingerprint density at radius 2 is 1.85 bits per heavy atom. The lowest BCUT2D eigenvalue weighted by atomic mass is 10.1. The van der Waals surface area contributed by atoms with Gasteiger partial charge in [-0.15, -0.1) is 0 Å². The second kappa shape index (κ2) is 6.31. The zero-order valence-corrected chi connectivity index (χ0v) is 13.7. The third-order valence-electron chi connectivity index (χ3n) is 4.06. The maximum absolute atomic E-state index is 13.0. The van der Waals surface area contributed by atoms with Gasteiger partial charge in [-0.3, -0.25) is 9.78 Å². The van der Waals surface area contributed by atoms with E-state index in [1.165, 1.54) is 29.2 Å². The number of benzene rings is 1. The molecule has 0 atom stereocenters. The molecule has 8 heteroatoms. The minimum atomic E-state index is -4.45. The fourth-order valence-corrected chi connectivity index (χ4v) is 2.78. The average molecular weight is 368 g/mol. The number of alkyl halides is 3. The first-order chi connectivity index (χ1) is 12.9. The number of rotatable bonds is 3. The van der Waals surface area contributed by atoms with Crippen molar-refractivity contribution in [2.45, 2.75) is 6.18 Å². The van der Waals surface area contributed by atoms with Crippen molar-refractivity contribution in [1.29, 1.82) is 0 Å². The minimum absolute atomic E-state index is 0.247. The molecule has 3 heterocycles. The van der Waals surface area contributed by atoms with Crippen LogP contribution in [0.15, 0.2) is 67.3 Å². The SMILES string of the molecule is O=C(c1cccnc1)c1cnn2c(-c3cccc(C(F)(F)F)c3)ccnc12. The molecule has 0 N–H and O–H groups in total. The van der Waals surface area contributed by atoms with Crippen LogP contribution < -0.4 is 0 Å². The minimum Gasteiger partial charge on any atom is -0.288 e. The molecule has 0 spiro atoms. The lowest BCUT2D eigenvalue weighted by molar-refractivity contribution is -0.137. The van der Waals surface area contributed by atoms with Gasteiger partial charge in [-0.1, -0.05) is 12.1 Å². The maximum atomic E-state index is 13.0. The van der Waals surface area contributed by atoms with Crippen LogP contribution >= 0.6 is 0 Å². The molecule has 0 saturated heterocycles. The number of nitrogens with zero attached hydrogens (tertiary/aromatic N) is 4. The van der Waals surface area contributed by atoms with E-state index in [9.17, 15) is 18.0 Å². The third-order valence-corrected chi connectivity index (χ3v) is 4.06. The Labute approximate surface area is 151 Å². The first-order valence-corrected chi connectivity index (χ1v) is 7.90. The molecule has 0 aliphatic heterocycles. The summed E-state index contributed by atoms with van der Waals surface area (Å²) in [5.41, 5.74) is 0.843. The lowest BCUT2D eigenvalue weighted by Gasteiger charge is -2.09. The van der Waals surface area contributed by atoms with Gasteiger partial charge in [0.2, 0.25) is 0 Å². The van der Waals surface area contributed by atoms with Crippen molar-refractivity contribution in [1.82, 2.24) is 19.6 Å². The molecule has 0 unspecified atom stereocenters. The lowest BCUT2D eigenvalue weighted by Crippen LogP contribution is -2.05. The van der Waals surface area contributed by atoms with Gasteiger partial charge in [-0.2, -0.15) is 18.3 Å². The summed E-state index contributed by atoms with van der Waals surface area (Å²) < 4.78 is 40.4. The molecular formula is C19H11F3N4O. The molecule has 0 fully saturated rings. The van der Waals surface area contributed by atoms with E-state index in [0.29, 0.717) is 16.8 Å². The highest BCUT2D eigenvalue weighted by atomic mass is 19.4. The number of carbonyl (C=O) groups is 1. The number of ketones is 1. The number of fused-ring (bicyclic) bond motifs is 1. The fraction of sp³-hybridized carbons (Fsp3) is 0.0526. The van der Waals surface area contributed by atoms with E-state index in [1.54, 1.807) is 30.5 Å². The molecule has 0 radical (unpaired) electrons. The van der Waals surface area contributed by atoms with Crippen LogP contribution in [0.2, 0.25) is 0 Å². The quantitative estimate of drug-likeness (QED) is 0.512. The van der Waals surface area contributed by atoms with Crippen molar-refractivity contribution in [2.24, 2.45) is 0 Å². The Balaban J connectivity index is 1.84. The van der Waals surface area contributed by atoms with Gasteiger partial charge in [0.05, 0.1) is 23.0 Å². The van der Waals surface area contributed by atoms with Crippen LogP contribution in [0.3, 0.4) is 0 Å². The average Bonchev–Trinajstić information content (AvgIpc) is 3.12. The highest BCUT2D eigenvalue weighted by Gasteiger charge is 2.30. The summed E-state index contributed by atoms with van der Waals surface area (Å²) in [7, 11) is 0. The van der Waals surface area contributed by atoms with Crippen LogP contribution in [0, 0.1) is 0 Å². The zero-order chi connectivity index (χ0) is 19.0. The van der Waals surface area contributed by atoms with Gasteiger partial charge in [-0.05, 0) is 30.3 Å². The first-order valence-electron chi connectivity index (χ1n) is 7.90. The van der Waals surface area contributed by atoms with Crippen LogP contribution in [-0.4, -0.2) is 25.4 Å². The summed E-state index contributed by atoms with van der Waals surface area (Å²) in [5.74, 6) is -0.313. The maximum Gasteiger partial charge on any atom is 0.416 e. The van der Waals surface area contributed by atoms with Gasteiger partial charge in [0, 0.05) is 29.7 Å². The molecule has 5 nitrogen and oxygen atoms in total. The molecule has 4 rings (SSSR count). The van der Waals surface area contributed by atoms with Crippen molar-refractivity contribution in [3.05, 3.63) is 83.9 Å². The van der Waals surface area contributed by atoms with Crippen molar-refractivity contribution in [2.75, 3.05) is 0 Å². The monoisotopic (exact) mass is 368 g/mol. The van der Waals surface area contributed by atoms with E-state index in [-0.39, 0.29) is 17.0 Å². The van der Waals surface area contributed by atoms with E-state index in [4.69, 9.17) is 0 Å². The van der Waals surface area contributed by atoms with E-state index in [1.807, 2.05) is 0 Å². The second-order valence-corrected chi connectivity index (χ2v) is 5.77. The molecule has 0 amide bonds. The molecule has 1 aromatic carbocycles. The molecule has 0 aliphatic carbocycles. The van der Waals surface area contributed by atoms with Gasteiger partial charge in [-0.25, -0.2) is 9.50 Å². The normalized spacial score (nSPS) is 11.7. The van der Waals surface area contributed by atoms with Gasteiger partial charge in [0.25, 0.3) is 0 Å². The van der Waals surface area contributed by atoms with Crippen LogP contribution in [0.1, 0.15) is 21.5 Å². The van der Waals surface area contributed by atoms with Crippen molar-refractivity contribution >= 4 is 11.4 Å². The fourth-order valence-electron chi connectivity index (χ4n) is 2.78. The largest absolute Gasteiger partial charge is 0.416 e. The summed E-state index contributed by atoms with van der Waals surface area (Å²) in [5, 5.41) is 4.17. The summed E-state index contributed by atoms with van der Waals surface area (Å²) in [6, 6.07) is 9.73. The van der Waals surface area contributed by atoms with Crippen molar-refractivity contribution in [3.8, 4) is 11.3 Å². The molecular weight excluding hydrogens is 357 g/mol. The standard InChI is InChI=1S/C19H11F3N4O/c20-19(21,22)14-5-1-3-12(9-14)16-6-8-24-18-15(11-25-26(16)18)17(27)13-4-2-7-23-10-13/h1-11H. The van der Waals surface area contributed by atoms with Gasteiger partial charge < -0.3 is 0 Å². The Morgan fingerprint density at radius 3 is 2.59 bits per heavy atom. The van der Waals surface area contributed by atoms with Gasteiger partial charge in [0.15, 0.2) is 11.4 Å². The summed E-state index contributed by atoms with van der Waals surface area (Å²) in [4.78, 5) is 20.8. The van der Waals surface area contributed by atoms with Crippen LogP contribution in [-0.2, 0) is 6.18 Å². The zero-order valence-electron chi connectivity index (χ0n) is 13.7. The first kappa shape index (κ1) is 16.9. The Hall–Kier alpha value is -3.55. The summed E-state index contributed by atoms with van der Waals surface area (Å²) in [6.07, 6.45) is 1.33. The third kappa shape index (κ3) is 3.05. The van der Waals surface area contributed by atoms with E-state index in [2.05, 4.69) is 15.1 Å². The van der Waals surface area contributed by atoms with E-state index >= 15 is 0 Å².